The van der Waals surface area contributed by atoms with Gasteiger partial charge in [-0.2, -0.15) is 0 Å². The molecule has 3 nitrogen and oxygen atoms in total. The number of Topliss-reactive ketones (excluding diaryl/α,β-unsaturated/α-hetero) is 1. The topological polar surface area (TPSA) is 43.4 Å². The van der Waals surface area contributed by atoms with Gasteiger partial charge >= 0.3 is 5.97 Å². The van der Waals surface area contributed by atoms with Crippen LogP contribution >= 0.6 is 0 Å². The fraction of sp³-hybridized carbons (Fsp3) is 0.231. The van der Waals surface area contributed by atoms with E-state index in [1.165, 1.54) is 0 Å². The third-order valence-electron chi connectivity index (χ3n) is 2.61. The molecule has 3 heteroatoms. The highest BCUT2D eigenvalue weighted by Crippen LogP contribution is 2.27. The molecular weight excluding hydrogens is 204 g/mol. The van der Waals surface area contributed by atoms with Gasteiger partial charge in [-0.3, -0.25) is 9.59 Å². The predicted molar refractivity (Wildman–Crippen MR) is 57.8 cm³/mol. The third-order valence-corrected chi connectivity index (χ3v) is 2.61. The Kier molecular flexibility index (Phi) is 2.74. The smallest absolute Gasteiger partial charge is 0.318 e. The first-order chi connectivity index (χ1) is 7.74. The van der Waals surface area contributed by atoms with Gasteiger partial charge in [0.25, 0.3) is 0 Å². The van der Waals surface area contributed by atoms with Crippen molar-refractivity contribution < 1.29 is 14.3 Å². The fourth-order valence-electron chi connectivity index (χ4n) is 1.84. The van der Waals surface area contributed by atoms with Crippen LogP contribution in [0.3, 0.4) is 0 Å². The molecule has 0 heterocycles. The van der Waals surface area contributed by atoms with Crippen LogP contribution in [-0.4, -0.2) is 18.4 Å². The van der Waals surface area contributed by atoms with Gasteiger partial charge in [0, 0.05) is 5.56 Å². The Morgan fingerprint density at radius 3 is 2.94 bits per heavy atom. The molecule has 1 aromatic carbocycles. The van der Waals surface area contributed by atoms with Crippen LogP contribution in [0.2, 0.25) is 0 Å². The second kappa shape index (κ2) is 4.19. The van der Waals surface area contributed by atoms with E-state index in [0.29, 0.717) is 12.0 Å². The average molecular weight is 214 g/mol. The Morgan fingerprint density at radius 2 is 2.25 bits per heavy atom. The largest absolute Gasteiger partial charge is 0.452 e. The molecule has 0 spiro atoms. The minimum atomic E-state index is -0.717. The van der Waals surface area contributed by atoms with Crippen LogP contribution in [0.1, 0.15) is 15.9 Å². The van der Waals surface area contributed by atoms with Crippen molar-refractivity contribution in [3.8, 4) is 12.3 Å². The van der Waals surface area contributed by atoms with Gasteiger partial charge < -0.3 is 4.74 Å². The van der Waals surface area contributed by atoms with Crippen LogP contribution in [0.15, 0.2) is 24.3 Å². The second-order valence-electron chi connectivity index (χ2n) is 3.59. The lowest BCUT2D eigenvalue weighted by molar-refractivity contribution is -0.145. The van der Waals surface area contributed by atoms with Crippen molar-refractivity contribution in [3.63, 3.8) is 0 Å². The number of benzene rings is 1. The van der Waals surface area contributed by atoms with E-state index in [1.807, 2.05) is 12.1 Å². The van der Waals surface area contributed by atoms with Gasteiger partial charge in [-0.1, -0.05) is 30.2 Å². The molecular formula is C13H10O3. The minimum absolute atomic E-state index is 0.0844. The molecule has 0 N–H and O–H groups in total. The summed E-state index contributed by atoms with van der Waals surface area (Å²) in [4.78, 5) is 23.4. The fourth-order valence-corrected chi connectivity index (χ4v) is 1.84. The number of hydrogen-bond acceptors (Lipinski definition) is 3. The molecule has 1 aromatic rings. The van der Waals surface area contributed by atoms with Crippen LogP contribution < -0.4 is 0 Å². The molecule has 1 aliphatic rings. The first-order valence-corrected chi connectivity index (χ1v) is 4.96. The molecule has 0 aliphatic heterocycles. The lowest BCUT2D eigenvalue weighted by Gasteiger charge is -2.05. The highest BCUT2D eigenvalue weighted by Gasteiger charge is 2.36. The van der Waals surface area contributed by atoms with E-state index in [1.54, 1.807) is 12.1 Å². The van der Waals surface area contributed by atoms with E-state index in [4.69, 9.17) is 11.2 Å². The van der Waals surface area contributed by atoms with E-state index in [-0.39, 0.29) is 12.4 Å². The number of fused-ring (bicyclic) bond motifs is 1. The highest BCUT2D eigenvalue weighted by atomic mass is 16.5. The summed E-state index contributed by atoms with van der Waals surface area (Å²) in [5.74, 6) is 0.789. The molecule has 80 valence electrons. The Labute approximate surface area is 93.4 Å². The van der Waals surface area contributed by atoms with Gasteiger partial charge in [-0.15, -0.1) is 6.42 Å². The second-order valence-corrected chi connectivity index (χ2v) is 3.59. The van der Waals surface area contributed by atoms with E-state index < -0.39 is 11.9 Å². The normalized spacial score (nSPS) is 17.7. The number of rotatable bonds is 2. The summed E-state index contributed by atoms with van der Waals surface area (Å²) in [7, 11) is 0. The molecule has 2 rings (SSSR count). The molecule has 1 unspecified atom stereocenters. The number of hydrogen-bond donors (Lipinski definition) is 0. The van der Waals surface area contributed by atoms with Crippen LogP contribution in [0.25, 0.3) is 0 Å². The van der Waals surface area contributed by atoms with Crippen LogP contribution in [0.4, 0.5) is 0 Å². The van der Waals surface area contributed by atoms with Crippen molar-refractivity contribution in [2.45, 2.75) is 6.42 Å². The molecule has 1 atom stereocenters. The summed E-state index contributed by atoms with van der Waals surface area (Å²) in [5, 5.41) is 0. The van der Waals surface area contributed by atoms with Gasteiger partial charge in [0.1, 0.15) is 5.92 Å². The zero-order valence-corrected chi connectivity index (χ0v) is 8.60. The van der Waals surface area contributed by atoms with Gasteiger partial charge in [0.15, 0.2) is 12.4 Å². The molecule has 16 heavy (non-hydrogen) atoms. The summed E-state index contributed by atoms with van der Waals surface area (Å²) in [6.07, 6.45) is 5.40. The summed E-state index contributed by atoms with van der Waals surface area (Å²) < 4.78 is 4.78. The van der Waals surface area contributed by atoms with E-state index in [2.05, 4.69) is 5.92 Å². The number of ketones is 1. The van der Waals surface area contributed by atoms with Crippen molar-refractivity contribution in [3.05, 3.63) is 35.4 Å². The van der Waals surface area contributed by atoms with Crippen LogP contribution in [-0.2, 0) is 16.0 Å². The Bertz CT molecular complexity index is 482. The number of terminal acetylenes is 1. The lowest BCUT2D eigenvalue weighted by Crippen LogP contribution is -2.23. The molecule has 1 aliphatic carbocycles. The van der Waals surface area contributed by atoms with Crippen molar-refractivity contribution in [2.24, 2.45) is 5.92 Å². The van der Waals surface area contributed by atoms with Gasteiger partial charge in [0.2, 0.25) is 0 Å². The summed E-state index contributed by atoms with van der Waals surface area (Å²) in [6, 6.07) is 7.21. The Morgan fingerprint density at radius 1 is 1.50 bits per heavy atom. The number of esters is 1. The van der Waals surface area contributed by atoms with Gasteiger partial charge in [0.05, 0.1) is 0 Å². The summed E-state index contributed by atoms with van der Waals surface area (Å²) in [6.45, 7) is -0.0844. The first kappa shape index (κ1) is 10.4. The first-order valence-electron chi connectivity index (χ1n) is 4.96. The maximum Gasteiger partial charge on any atom is 0.318 e. The molecule has 0 saturated heterocycles. The standard InChI is InChI=1S/C13H10O3/c1-2-7-16-13(15)11-8-9-5-3-4-6-10(9)12(11)14/h1,3-6,11H,7-8H2. The van der Waals surface area contributed by atoms with E-state index in [9.17, 15) is 9.59 Å². The molecule has 0 amide bonds. The monoisotopic (exact) mass is 214 g/mol. The van der Waals surface area contributed by atoms with Crippen molar-refractivity contribution in [1.29, 1.82) is 0 Å². The van der Waals surface area contributed by atoms with E-state index >= 15 is 0 Å². The summed E-state index contributed by atoms with van der Waals surface area (Å²) in [5.41, 5.74) is 1.51. The third kappa shape index (κ3) is 1.70. The number of carbonyl (C=O) groups is 2. The van der Waals surface area contributed by atoms with Crippen molar-refractivity contribution in [1.82, 2.24) is 0 Å². The summed E-state index contributed by atoms with van der Waals surface area (Å²) >= 11 is 0. The SMILES string of the molecule is C#CCOC(=O)C1Cc2ccccc2C1=O. The van der Waals surface area contributed by atoms with E-state index in [0.717, 1.165) is 5.56 Å². The molecule has 0 fully saturated rings. The highest BCUT2D eigenvalue weighted by molar-refractivity contribution is 6.12. The molecule has 0 saturated carbocycles. The maximum atomic E-state index is 11.8. The average Bonchev–Trinajstić information content (AvgIpc) is 2.64. The zero-order valence-electron chi connectivity index (χ0n) is 8.60. The van der Waals surface area contributed by atoms with Crippen molar-refractivity contribution >= 4 is 11.8 Å². The van der Waals surface area contributed by atoms with Crippen molar-refractivity contribution in [2.75, 3.05) is 6.61 Å². The Hall–Kier alpha value is -2.08. The quantitative estimate of drug-likeness (QED) is 0.422. The number of carbonyl (C=O) groups excluding carboxylic acids is 2. The van der Waals surface area contributed by atoms with Crippen LogP contribution in [0, 0.1) is 18.3 Å². The number of ether oxygens (including phenoxy) is 1. The molecule has 0 radical (unpaired) electrons. The molecule has 0 aromatic heterocycles. The van der Waals surface area contributed by atoms with Crippen LogP contribution in [0.5, 0.6) is 0 Å². The maximum absolute atomic E-state index is 11.8. The van der Waals surface area contributed by atoms with Gasteiger partial charge in [-0.05, 0) is 12.0 Å². The lowest BCUT2D eigenvalue weighted by atomic mass is 10.1. The Balaban J connectivity index is 2.16. The predicted octanol–water partition coefficient (Wildman–Crippen LogP) is 1.22. The van der Waals surface area contributed by atoms with Gasteiger partial charge in [-0.25, -0.2) is 0 Å². The molecule has 0 bridgehead atoms. The zero-order chi connectivity index (χ0) is 11.5. The minimum Gasteiger partial charge on any atom is -0.452 e.